The second kappa shape index (κ2) is 8.17. The van der Waals surface area contributed by atoms with Gasteiger partial charge in [-0.05, 0) is 43.0 Å². The highest BCUT2D eigenvalue weighted by molar-refractivity contribution is 5.82. The van der Waals surface area contributed by atoms with Gasteiger partial charge in [0.15, 0.2) is 0 Å². The number of benzene rings is 1. The number of hydrazine groups is 1. The summed E-state index contributed by atoms with van der Waals surface area (Å²) < 4.78 is 0. The number of hydrogen-bond donors (Lipinski definition) is 3. The van der Waals surface area contributed by atoms with Crippen molar-refractivity contribution >= 4 is 5.91 Å². The van der Waals surface area contributed by atoms with Gasteiger partial charge < -0.3 is 5.32 Å². The van der Waals surface area contributed by atoms with Crippen LogP contribution in [0.15, 0.2) is 48.7 Å². The zero-order valence-corrected chi connectivity index (χ0v) is 15.7. The first-order chi connectivity index (χ1) is 13.2. The van der Waals surface area contributed by atoms with Gasteiger partial charge in [-0.15, -0.1) is 0 Å². The first-order valence-electron chi connectivity index (χ1n) is 9.70. The van der Waals surface area contributed by atoms with E-state index >= 15 is 0 Å². The number of carbonyl (C=O) groups excluding carboxylic acids is 1. The summed E-state index contributed by atoms with van der Waals surface area (Å²) >= 11 is 0. The second-order valence-corrected chi connectivity index (χ2v) is 7.55. The predicted molar refractivity (Wildman–Crippen MR) is 105 cm³/mol. The summed E-state index contributed by atoms with van der Waals surface area (Å²) in [6, 6.07) is 14.4. The minimum Gasteiger partial charge on any atom is -0.351 e. The molecule has 1 amide bonds. The van der Waals surface area contributed by atoms with Crippen LogP contribution in [0.25, 0.3) is 0 Å². The van der Waals surface area contributed by atoms with Crippen molar-refractivity contribution in [3.63, 3.8) is 0 Å². The molecular formula is C21H27N5O. The van der Waals surface area contributed by atoms with Crippen molar-refractivity contribution in [3.05, 3.63) is 65.5 Å². The fourth-order valence-corrected chi connectivity index (χ4v) is 3.99. The average Bonchev–Trinajstić information content (AvgIpc) is 3.19. The summed E-state index contributed by atoms with van der Waals surface area (Å²) in [6.07, 6.45) is 3.56. The number of carbonyl (C=O) groups is 1. The van der Waals surface area contributed by atoms with E-state index in [1.54, 1.807) is 6.20 Å². The van der Waals surface area contributed by atoms with Gasteiger partial charge in [-0.3, -0.25) is 14.7 Å². The Morgan fingerprint density at radius 3 is 2.85 bits per heavy atom. The third-order valence-electron chi connectivity index (χ3n) is 5.39. The summed E-state index contributed by atoms with van der Waals surface area (Å²) in [5, 5.41) is 3.16. The molecule has 4 rings (SSSR count). The highest BCUT2D eigenvalue weighted by atomic mass is 16.2. The van der Waals surface area contributed by atoms with Gasteiger partial charge in [0.25, 0.3) is 0 Å². The molecule has 6 heteroatoms. The summed E-state index contributed by atoms with van der Waals surface area (Å²) in [6.45, 7) is 4.95. The van der Waals surface area contributed by atoms with Crippen LogP contribution in [0.1, 0.15) is 36.2 Å². The van der Waals surface area contributed by atoms with Crippen LogP contribution < -0.4 is 16.2 Å². The molecule has 2 aliphatic rings. The average molecular weight is 365 g/mol. The maximum Gasteiger partial charge on any atom is 0.238 e. The summed E-state index contributed by atoms with van der Waals surface area (Å²) in [5.74, 6) is 0.0471. The molecule has 2 aromatic rings. The zero-order chi connectivity index (χ0) is 18.6. The van der Waals surface area contributed by atoms with Crippen molar-refractivity contribution in [3.8, 4) is 0 Å². The van der Waals surface area contributed by atoms with Crippen LogP contribution in [0.4, 0.5) is 0 Å². The molecule has 3 unspecified atom stereocenters. The number of hydrogen-bond acceptors (Lipinski definition) is 5. The fourth-order valence-electron chi connectivity index (χ4n) is 3.99. The largest absolute Gasteiger partial charge is 0.351 e. The molecule has 0 spiro atoms. The van der Waals surface area contributed by atoms with E-state index in [1.165, 1.54) is 11.1 Å². The second-order valence-electron chi connectivity index (χ2n) is 7.55. The molecule has 2 aliphatic heterocycles. The molecule has 0 bridgehead atoms. The Balaban J connectivity index is 1.26. The van der Waals surface area contributed by atoms with Crippen molar-refractivity contribution < 1.29 is 4.79 Å². The van der Waals surface area contributed by atoms with Crippen LogP contribution in [-0.2, 0) is 17.8 Å². The maximum absolute atomic E-state index is 12.6. The normalized spacial score (nSPS) is 23.6. The van der Waals surface area contributed by atoms with Gasteiger partial charge in [0.1, 0.15) is 6.04 Å². The molecule has 0 saturated carbocycles. The van der Waals surface area contributed by atoms with Crippen LogP contribution in [0.3, 0.4) is 0 Å². The van der Waals surface area contributed by atoms with Crippen LogP contribution >= 0.6 is 0 Å². The van der Waals surface area contributed by atoms with Crippen LogP contribution in [0, 0.1) is 0 Å². The minimum absolute atomic E-state index is 0.0471. The Hall–Kier alpha value is -2.28. The number of aromatic nitrogens is 1. The van der Waals surface area contributed by atoms with E-state index in [-0.39, 0.29) is 24.0 Å². The number of amides is 1. The zero-order valence-electron chi connectivity index (χ0n) is 15.7. The van der Waals surface area contributed by atoms with Gasteiger partial charge in [0.05, 0.1) is 11.7 Å². The van der Waals surface area contributed by atoms with E-state index in [0.717, 1.165) is 31.7 Å². The minimum atomic E-state index is -0.235. The molecular weight excluding hydrogens is 338 g/mol. The van der Waals surface area contributed by atoms with E-state index in [1.807, 2.05) is 18.2 Å². The Kier molecular flexibility index (Phi) is 5.48. The third-order valence-corrected chi connectivity index (χ3v) is 5.39. The molecule has 27 heavy (non-hydrogen) atoms. The lowest BCUT2D eigenvalue weighted by Crippen LogP contribution is -2.49. The van der Waals surface area contributed by atoms with Gasteiger partial charge in [0, 0.05) is 31.9 Å². The van der Waals surface area contributed by atoms with Crippen molar-refractivity contribution in [2.45, 2.75) is 44.4 Å². The smallest absolute Gasteiger partial charge is 0.238 e. The topological polar surface area (TPSA) is 69.3 Å². The molecule has 1 aromatic carbocycles. The van der Waals surface area contributed by atoms with Gasteiger partial charge in [-0.1, -0.05) is 30.3 Å². The van der Waals surface area contributed by atoms with E-state index < -0.39 is 0 Å². The molecule has 1 fully saturated rings. The number of nitrogens with zero attached hydrogens (tertiary/aromatic N) is 2. The first kappa shape index (κ1) is 18.1. The summed E-state index contributed by atoms with van der Waals surface area (Å²) in [4.78, 5) is 19.4. The maximum atomic E-state index is 12.6. The van der Waals surface area contributed by atoms with Crippen molar-refractivity contribution in [2.75, 3.05) is 13.1 Å². The number of rotatable bonds is 5. The first-order valence-corrected chi connectivity index (χ1v) is 9.70. The van der Waals surface area contributed by atoms with Gasteiger partial charge >= 0.3 is 0 Å². The monoisotopic (exact) mass is 365 g/mol. The molecule has 3 heterocycles. The van der Waals surface area contributed by atoms with Crippen molar-refractivity contribution in [1.82, 2.24) is 26.1 Å². The third kappa shape index (κ3) is 4.35. The Morgan fingerprint density at radius 2 is 2.04 bits per heavy atom. The highest BCUT2D eigenvalue weighted by Gasteiger charge is 2.31. The number of fused-ring (bicyclic) bond motifs is 1. The molecule has 0 aliphatic carbocycles. The van der Waals surface area contributed by atoms with E-state index in [0.29, 0.717) is 6.42 Å². The summed E-state index contributed by atoms with van der Waals surface area (Å²) in [5.41, 5.74) is 10.1. The molecule has 142 valence electrons. The quantitative estimate of drug-likeness (QED) is 0.750. The van der Waals surface area contributed by atoms with Crippen molar-refractivity contribution in [1.29, 1.82) is 0 Å². The highest BCUT2D eigenvalue weighted by Crippen LogP contribution is 2.21. The summed E-state index contributed by atoms with van der Waals surface area (Å²) in [7, 11) is 0. The number of nitrogens with one attached hydrogen (secondary N) is 3. The lowest BCUT2D eigenvalue weighted by Gasteiger charge is -2.31. The van der Waals surface area contributed by atoms with E-state index in [2.05, 4.69) is 57.2 Å². The molecule has 3 atom stereocenters. The molecule has 1 aromatic heterocycles. The lowest BCUT2D eigenvalue weighted by molar-refractivity contribution is -0.123. The molecule has 3 N–H and O–H groups in total. The Labute approximate surface area is 160 Å². The lowest BCUT2D eigenvalue weighted by atomic mass is 9.99. The van der Waals surface area contributed by atoms with Gasteiger partial charge in [-0.25, -0.2) is 10.9 Å². The standard InChI is InChI=1S/C21H27N5O/c1-15(13-26-11-9-16-6-2-3-7-17(16)14-26)23-21(27)20-12-19(24-25-20)18-8-4-5-10-22-18/h2-8,10,15,19-20,24-25H,9,11-14H2,1H3,(H,23,27). The molecule has 1 saturated heterocycles. The Morgan fingerprint density at radius 1 is 1.22 bits per heavy atom. The van der Waals surface area contributed by atoms with Gasteiger partial charge in [-0.2, -0.15) is 0 Å². The van der Waals surface area contributed by atoms with Gasteiger partial charge in [0.2, 0.25) is 5.91 Å². The Bertz CT molecular complexity index is 781. The van der Waals surface area contributed by atoms with Crippen LogP contribution in [0.2, 0.25) is 0 Å². The predicted octanol–water partition coefficient (Wildman–Crippen LogP) is 1.55. The van der Waals surface area contributed by atoms with Crippen LogP contribution in [-0.4, -0.2) is 41.0 Å². The van der Waals surface area contributed by atoms with Crippen LogP contribution in [0.5, 0.6) is 0 Å². The fraction of sp³-hybridized carbons (Fsp3) is 0.429. The SMILES string of the molecule is CC(CN1CCc2ccccc2C1)NC(=O)C1CC(c2ccccn2)NN1. The molecule has 6 nitrogen and oxygen atoms in total. The molecule has 0 radical (unpaired) electrons. The van der Waals surface area contributed by atoms with Crippen molar-refractivity contribution in [2.24, 2.45) is 0 Å². The number of pyridine rings is 1. The van der Waals surface area contributed by atoms with E-state index in [9.17, 15) is 4.79 Å². The van der Waals surface area contributed by atoms with E-state index in [4.69, 9.17) is 0 Å².